The monoisotopic (exact) mass is 372 g/mol. The molecular formula is C16H24F2SiZr. The minimum Gasteiger partial charge on any atom is -1.00 e. The summed E-state index contributed by atoms with van der Waals surface area (Å²) in [5.41, 5.74) is 5.00. The Bertz CT molecular complexity index is 430. The summed E-state index contributed by atoms with van der Waals surface area (Å²) in [4.78, 5) is 0. The Morgan fingerprint density at radius 2 is 1.70 bits per heavy atom. The van der Waals surface area contributed by atoms with E-state index in [2.05, 4.69) is 51.1 Å². The zero-order valence-electron chi connectivity index (χ0n) is 12.6. The standard InChI is InChI=1S/C12H13.C4H11Si.2FH.Zr/c1-2-5-10-8-11-6-3-4-7-12(11)9-10;1-3-5-4-2;;;/h3-4,6-9H,2,5H2,1H3;5H,3-4H2,1-2H3;2*1H;/q;;;;+2/p-2. The fourth-order valence-electron chi connectivity index (χ4n) is 2.85. The van der Waals surface area contributed by atoms with Gasteiger partial charge in [-0.1, -0.05) is 0 Å². The Hall–Kier alpha value is -0.0800. The molecule has 20 heavy (non-hydrogen) atoms. The number of hydrogen-bond acceptors (Lipinski definition) is 0. The quantitative estimate of drug-likeness (QED) is 0.549. The first-order chi connectivity index (χ1) is 8.80. The van der Waals surface area contributed by atoms with E-state index in [1.165, 1.54) is 30.5 Å². The molecule has 1 aliphatic carbocycles. The van der Waals surface area contributed by atoms with Crippen molar-refractivity contribution in [1.29, 1.82) is 0 Å². The normalized spacial score (nSPS) is 15.8. The molecule has 0 fully saturated rings. The largest absolute Gasteiger partial charge is 1.00 e. The first-order valence-electron chi connectivity index (χ1n) is 7.35. The summed E-state index contributed by atoms with van der Waals surface area (Å²) < 4.78 is 0.932. The van der Waals surface area contributed by atoms with E-state index >= 15 is 0 Å². The maximum atomic E-state index is 2.51. The molecule has 0 heterocycles. The smallest absolute Gasteiger partial charge is 1.00 e. The molecule has 110 valence electrons. The number of rotatable bonds is 6. The Morgan fingerprint density at radius 1 is 1.05 bits per heavy atom. The van der Waals surface area contributed by atoms with Crippen LogP contribution in [0.5, 0.6) is 0 Å². The van der Waals surface area contributed by atoms with E-state index in [0.717, 1.165) is 3.63 Å². The maximum Gasteiger partial charge on any atom is -1.00 e. The van der Waals surface area contributed by atoms with Gasteiger partial charge >= 0.3 is 125 Å². The molecule has 0 saturated heterocycles. The molecule has 0 aromatic heterocycles. The first kappa shape index (κ1) is 19.9. The second-order valence-corrected chi connectivity index (χ2v) is 18.5. The summed E-state index contributed by atoms with van der Waals surface area (Å²) in [5, 5.41) is 0. The molecular weight excluding hydrogens is 349 g/mol. The van der Waals surface area contributed by atoms with Crippen molar-refractivity contribution in [2.24, 2.45) is 0 Å². The van der Waals surface area contributed by atoms with Crippen LogP contribution in [0.2, 0.25) is 12.1 Å². The molecule has 0 radical (unpaired) electrons. The van der Waals surface area contributed by atoms with Crippen molar-refractivity contribution >= 4 is 12.0 Å². The van der Waals surface area contributed by atoms with E-state index in [-0.39, 0.29) is 37.7 Å². The fourth-order valence-corrected chi connectivity index (χ4v) is 15.8. The molecule has 0 amide bonds. The van der Waals surface area contributed by atoms with Gasteiger partial charge in [-0.3, -0.25) is 0 Å². The number of allylic oxidation sites excluding steroid dienone is 1. The third kappa shape index (κ3) is 4.46. The van der Waals surface area contributed by atoms with Gasteiger partial charge in [0.05, 0.1) is 0 Å². The van der Waals surface area contributed by atoms with Crippen LogP contribution < -0.4 is 9.41 Å². The van der Waals surface area contributed by atoms with E-state index in [4.69, 9.17) is 0 Å². The van der Waals surface area contributed by atoms with Crippen LogP contribution in [0.1, 0.15) is 48.4 Å². The van der Waals surface area contributed by atoms with Crippen LogP contribution in [0.4, 0.5) is 0 Å². The van der Waals surface area contributed by atoms with Crippen molar-refractivity contribution in [3.8, 4) is 0 Å². The van der Waals surface area contributed by atoms with Crippen molar-refractivity contribution in [3.05, 3.63) is 41.0 Å². The fraction of sp³-hybridized carbons (Fsp3) is 0.500. The second kappa shape index (κ2) is 9.78. The van der Waals surface area contributed by atoms with Crippen LogP contribution in [0.3, 0.4) is 0 Å². The van der Waals surface area contributed by atoms with Gasteiger partial charge in [-0.25, -0.2) is 0 Å². The van der Waals surface area contributed by atoms with Gasteiger partial charge < -0.3 is 9.41 Å². The number of hydrogen-bond donors (Lipinski definition) is 0. The molecule has 4 heteroatoms. The Balaban J connectivity index is 0.00000180. The second-order valence-electron chi connectivity index (χ2n) is 5.21. The van der Waals surface area contributed by atoms with Crippen LogP contribution in [0, 0.1) is 0 Å². The minimum atomic E-state index is -0.338. The van der Waals surface area contributed by atoms with E-state index in [0.29, 0.717) is 0 Å². The molecule has 1 atom stereocenters. The summed E-state index contributed by atoms with van der Waals surface area (Å²) in [6.07, 6.45) is 5.15. The van der Waals surface area contributed by atoms with Crippen molar-refractivity contribution < 1.29 is 31.8 Å². The van der Waals surface area contributed by atoms with Crippen LogP contribution in [0.15, 0.2) is 29.8 Å². The molecule has 1 aliphatic rings. The van der Waals surface area contributed by atoms with E-state index < -0.39 is 0 Å². The van der Waals surface area contributed by atoms with Crippen molar-refractivity contribution in [2.75, 3.05) is 0 Å². The molecule has 0 bridgehead atoms. The number of fused-ring (bicyclic) bond motifs is 1. The average molecular weight is 374 g/mol. The Kier molecular flexibility index (Phi) is 9.74. The van der Waals surface area contributed by atoms with Crippen LogP contribution in [-0.2, 0) is 22.4 Å². The third-order valence-electron chi connectivity index (χ3n) is 3.95. The number of benzene rings is 1. The number of halogens is 2. The molecule has 0 aliphatic heterocycles. The van der Waals surface area contributed by atoms with Gasteiger partial charge in [0.25, 0.3) is 0 Å². The summed E-state index contributed by atoms with van der Waals surface area (Å²) >= 11 is -0.215. The molecule has 1 aromatic carbocycles. The van der Waals surface area contributed by atoms with E-state index in [9.17, 15) is 0 Å². The Labute approximate surface area is 133 Å². The molecule has 0 saturated carbocycles. The molecule has 1 aromatic rings. The predicted molar refractivity (Wildman–Crippen MR) is 80.2 cm³/mol. The van der Waals surface area contributed by atoms with Crippen LogP contribution >= 0.6 is 0 Å². The maximum absolute atomic E-state index is 2.51. The Morgan fingerprint density at radius 3 is 2.30 bits per heavy atom. The molecule has 0 spiro atoms. The van der Waals surface area contributed by atoms with E-state index in [1.54, 1.807) is 11.1 Å². The van der Waals surface area contributed by atoms with Gasteiger partial charge in [-0.15, -0.1) is 0 Å². The average Bonchev–Trinajstić information content (AvgIpc) is 2.74. The predicted octanol–water partition coefficient (Wildman–Crippen LogP) is -1.22. The zero-order chi connectivity index (χ0) is 13.0. The summed E-state index contributed by atoms with van der Waals surface area (Å²) in [5.74, 6) is -0.338. The van der Waals surface area contributed by atoms with Gasteiger partial charge in [0.15, 0.2) is 0 Å². The molecule has 2 rings (SSSR count). The summed E-state index contributed by atoms with van der Waals surface area (Å²) in [6, 6.07) is 12.2. The third-order valence-corrected chi connectivity index (χ3v) is 20.4. The van der Waals surface area contributed by atoms with E-state index in [1.807, 2.05) is 0 Å². The van der Waals surface area contributed by atoms with Gasteiger partial charge in [0.2, 0.25) is 0 Å². The van der Waals surface area contributed by atoms with Gasteiger partial charge in [0, 0.05) is 0 Å². The molecule has 1 unspecified atom stereocenters. The van der Waals surface area contributed by atoms with Crippen molar-refractivity contribution in [1.82, 2.24) is 0 Å². The molecule has 0 N–H and O–H groups in total. The molecule has 0 nitrogen and oxygen atoms in total. The van der Waals surface area contributed by atoms with Gasteiger partial charge in [-0.2, -0.15) is 0 Å². The van der Waals surface area contributed by atoms with Crippen molar-refractivity contribution in [3.63, 3.8) is 0 Å². The first-order valence-corrected chi connectivity index (χ1v) is 15.2. The van der Waals surface area contributed by atoms with Gasteiger partial charge in [0.1, 0.15) is 0 Å². The van der Waals surface area contributed by atoms with Crippen LogP contribution in [0.25, 0.3) is 6.08 Å². The summed E-state index contributed by atoms with van der Waals surface area (Å²) in [7, 11) is 0. The summed E-state index contributed by atoms with van der Waals surface area (Å²) in [6.45, 7) is 7.19. The SMILES string of the molecule is CCCC1=Cc2ccccc2[CH]1[Zr+2][SiH](CC)CC.[F-].[F-]. The van der Waals surface area contributed by atoms with Gasteiger partial charge in [-0.05, 0) is 0 Å². The van der Waals surface area contributed by atoms with Crippen LogP contribution in [-0.4, -0.2) is 5.92 Å². The van der Waals surface area contributed by atoms with Crippen molar-refractivity contribution in [2.45, 2.75) is 49.3 Å². The zero-order valence-corrected chi connectivity index (χ0v) is 16.2. The topological polar surface area (TPSA) is 0 Å². The minimum absolute atomic E-state index is 0.